The van der Waals surface area contributed by atoms with E-state index in [0.29, 0.717) is 17.7 Å². The summed E-state index contributed by atoms with van der Waals surface area (Å²) in [6, 6.07) is 17.1. The molecule has 0 aromatic heterocycles. The van der Waals surface area contributed by atoms with E-state index in [0.717, 1.165) is 29.0 Å². The van der Waals surface area contributed by atoms with Crippen molar-refractivity contribution in [2.75, 3.05) is 11.4 Å². The van der Waals surface area contributed by atoms with E-state index >= 15 is 0 Å². The first kappa shape index (κ1) is 24.6. The third kappa shape index (κ3) is 4.42. The van der Waals surface area contributed by atoms with Crippen molar-refractivity contribution < 1.29 is 39.9 Å². The maximum absolute atomic E-state index is 13.1. The fourth-order valence-corrected chi connectivity index (χ4v) is 4.41. The molecule has 0 atom stereocenters. The van der Waals surface area contributed by atoms with Crippen molar-refractivity contribution in [3.05, 3.63) is 84.4 Å². The molecule has 0 bridgehead atoms. The zero-order valence-electron chi connectivity index (χ0n) is 16.9. The Balaban J connectivity index is 1.97. The van der Waals surface area contributed by atoms with Gasteiger partial charge >= 0.3 is 12.4 Å². The van der Waals surface area contributed by atoms with Crippen LogP contribution in [0, 0.1) is 0 Å². The molecular formula is C22H17F6NO3S. The molecule has 0 saturated heterocycles. The van der Waals surface area contributed by atoms with Crippen LogP contribution in [-0.2, 0) is 15.6 Å². The first-order valence-electron chi connectivity index (χ1n) is 9.30. The molecule has 33 heavy (non-hydrogen) atoms. The quantitative estimate of drug-likeness (QED) is 0.483. The first-order chi connectivity index (χ1) is 15.2. The second-order valence-electron chi connectivity index (χ2n) is 7.12. The van der Waals surface area contributed by atoms with Crippen LogP contribution in [0.3, 0.4) is 0 Å². The van der Waals surface area contributed by atoms with Crippen LogP contribution < -0.4 is 4.31 Å². The maximum atomic E-state index is 13.1. The fraction of sp³-hybridized carbons (Fsp3) is 0.182. The third-order valence-corrected chi connectivity index (χ3v) is 6.85. The van der Waals surface area contributed by atoms with E-state index in [1.54, 1.807) is 36.4 Å². The van der Waals surface area contributed by atoms with Gasteiger partial charge in [-0.25, -0.2) is 8.42 Å². The summed E-state index contributed by atoms with van der Waals surface area (Å²) in [5, 5.41) is 9.48. The molecule has 0 spiro atoms. The Hall–Kier alpha value is -3.05. The maximum Gasteiger partial charge on any atom is 0.430 e. The van der Waals surface area contributed by atoms with Gasteiger partial charge in [-0.1, -0.05) is 54.6 Å². The summed E-state index contributed by atoms with van der Waals surface area (Å²) in [7, 11) is -3.09. The molecule has 3 rings (SSSR count). The Morgan fingerprint density at radius 3 is 1.76 bits per heavy atom. The summed E-state index contributed by atoms with van der Waals surface area (Å²) in [6.45, 7) is 0. The number of halogens is 6. The fourth-order valence-electron chi connectivity index (χ4n) is 3.16. The molecular weight excluding hydrogens is 472 g/mol. The van der Waals surface area contributed by atoms with E-state index in [9.17, 15) is 39.9 Å². The minimum Gasteiger partial charge on any atom is -0.369 e. The summed E-state index contributed by atoms with van der Waals surface area (Å²) >= 11 is 0. The van der Waals surface area contributed by atoms with Gasteiger partial charge in [0.2, 0.25) is 0 Å². The Kier molecular flexibility index (Phi) is 6.24. The molecule has 0 heterocycles. The highest BCUT2D eigenvalue weighted by Crippen LogP contribution is 2.50. The number of rotatable bonds is 5. The average Bonchev–Trinajstić information content (AvgIpc) is 2.77. The van der Waals surface area contributed by atoms with Crippen LogP contribution >= 0.6 is 0 Å². The van der Waals surface area contributed by atoms with Crippen molar-refractivity contribution in [3.63, 3.8) is 0 Å². The van der Waals surface area contributed by atoms with Crippen LogP contribution in [0.2, 0.25) is 0 Å². The van der Waals surface area contributed by atoms with Gasteiger partial charge in [-0.2, -0.15) is 26.3 Å². The second kappa shape index (κ2) is 8.38. The highest BCUT2D eigenvalue weighted by Gasteiger charge is 2.71. The standard InChI is InChI=1S/C22H17F6NO3S/c1-29(18-12-10-17(11-13-18)20(30,21(23,24)25)22(26,27)28)33(31,32)19-9-5-8-16(14-19)15-6-3-2-4-7-15/h2-14,30H,1H3. The lowest BCUT2D eigenvalue weighted by Crippen LogP contribution is -2.53. The summed E-state index contributed by atoms with van der Waals surface area (Å²) in [5.41, 5.74) is -5.43. The molecule has 0 saturated carbocycles. The third-order valence-electron chi connectivity index (χ3n) is 5.07. The SMILES string of the molecule is CN(c1ccc(C(O)(C(F)(F)F)C(F)(F)F)cc1)S(=O)(=O)c1cccc(-c2ccccc2)c1. The highest BCUT2D eigenvalue weighted by molar-refractivity contribution is 7.92. The number of hydrogen-bond donors (Lipinski definition) is 1. The molecule has 0 aliphatic heterocycles. The summed E-state index contributed by atoms with van der Waals surface area (Å²) in [6.07, 6.45) is -12.1. The molecule has 4 nitrogen and oxygen atoms in total. The molecule has 0 fully saturated rings. The van der Waals surface area contributed by atoms with E-state index in [-0.39, 0.29) is 10.6 Å². The van der Waals surface area contributed by atoms with Crippen molar-refractivity contribution in [1.29, 1.82) is 0 Å². The van der Waals surface area contributed by atoms with Crippen molar-refractivity contribution in [2.24, 2.45) is 0 Å². The molecule has 0 radical (unpaired) electrons. The molecule has 0 aliphatic rings. The van der Waals surface area contributed by atoms with Crippen LogP contribution in [0.1, 0.15) is 5.56 Å². The van der Waals surface area contributed by atoms with E-state index in [4.69, 9.17) is 0 Å². The highest BCUT2D eigenvalue weighted by atomic mass is 32.2. The number of anilines is 1. The van der Waals surface area contributed by atoms with Gasteiger partial charge in [0.15, 0.2) is 0 Å². The van der Waals surface area contributed by atoms with Crippen molar-refractivity contribution in [2.45, 2.75) is 22.8 Å². The average molecular weight is 489 g/mol. The molecule has 0 aliphatic carbocycles. The summed E-state index contributed by atoms with van der Waals surface area (Å²) in [5.74, 6) is 0. The number of alkyl halides is 6. The zero-order chi connectivity index (χ0) is 24.7. The minimum absolute atomic E-state index is 0.127. The van der Waals surface area contributed by atoms with Crippen LogP contribution in [-0.4, -0.2) is 32.9 Å². The number of sulfonamides is 1. The molecule has 176 valence electrons. The van der Waals surface area contributed by atoms with Gasteiger partial charge < -0.3 is 5.11 Å². The van der Waals surface area contributed by atoms with Crippen molar-refractivity contribution >= 4 is 15.7 Å². The monoisotopic (exact) mass is 489 g/mol. The molecule has 1 N–H and O–H groups in total. The first-order valence-corrected chi connectivity index (χ1v) is 10.7. The van der Waals surface area contributed by atoms with Gasteiger partial charge in [-0.05, 0) is 35.4 Å². The molecule has 11 heteroatoms. The largest absolute Gasteiger partial charge is 0.430 e. The van der Waals surface area contributed by atoms with E-state index in [2.05, 4.69) is 0 Å². The lowest BCUT2D eigenvalue weighted by molar-refractivity contribution is -0.376. The molecule has 3 aromatic carbocycles. The van der Waals surface area contributed by atoms with Crippen LogP contribution in [0.4, 0.5) is 32.0 Å². The Morgan fingerprint density at radius 1 is 0.727 bits per heavy atom. The number of aliphatic hydroxyl groups is 1. The van der Waals surface area contributed by atoms with Gasteiger partial charge in [0, 0.05) is 12.6 Å². The second-order valence-corrected chi connectivity index (χ2v) is 9.09. The number of hydrogen-bond acceptors (Lipinski definition) is 3. The summed E-state index contributed by atoms with van der Waals surface area (Å²) < 4.78 is 105. The van der Waals surface area contributed by atoms with Gasteiger partial charge in [0.25, 0.3) is 15.6 Å². The summed E-state index contributed by atoms with van der Waals surface area (Å²) in [4.78, 5) is -0.127. The zero-order valence-corrected chi connectivity index (χ0v) is 17.7. The smallest absolute Gasteiger partial charge is 0.369 e. The van der Waals surface area contributed by atoms with Crippen LogP contribution in [0.15, 0.2) is 83.8 Å². The number of nitrogens with zero attached hydrogens (tertiary/aromatic N) is 1. The predicted octanol–water partition coefficient (Wildman–Crippen LogP) is 5.49. The van der Waals surface area contributed by atoms with Crippen molar-refractivity contribution in [3.8, 4) is 11.1 Å². The molecule has 0 amide bonds. The van der Waals surface area contributed by atoms with Crippen LogP contribution in [0.5, 0.6) is 0 Å². The molecule has 0 unspecified atom stereocenters. The van der Waals surface area contributed by atoms with Gasteiger partial charge in [-0.15, -0.1) is 0 Å². The topological polar surface area (TPSA) is 57.6 Å². The van der Waals surface area contributed by atoms with E-state index in [1.807, 2.05) is 0 Å². The Labute approximate surface area is 185 Å². The van der Waals surface area contributed by atoms with Gasteiger partial charge in [0.1, 0.15) is 0 Å². The predicted molar refractivity (Wildman–Crippen MR) is 110 cm³/mol. The lowest BCUT2D eigenvalue weighted by Gasteiger charge is -2.33. The van der Waals surface area contributed by atoms with Crippen LogP contribution in [0.25, 0.3) is 11.1 Å². The normalized spacial score (nSPS) is 13.1. The Bertz CT molecular complexity index is 1210. The minimum atomic E-state index is -6.04. The van der Waals surface area contributed by atoms with Gasteiger partial charge in [-0.3, -0.25) is 4.31 Å². The lowest BCUT2D eigenvalue weighted by atomic mass is 9.92. The van der Waals surface area contributed by atoms with E-state index < -0.39 is 33.5 Å². The van der Waals surface area contributed by atoms with Crippen molar-refractivity contribution in [1.82, 2.24) is 0 Å². The molecule has 3 aromatic rings. The van der Waals surface area contributed by atoms with E-state index in [1.165, 1.54) is 18.2 Å². The number of benzene rings is 3. The van der Waals surface area contributed by atoms with Gasteiger partial charge in [0.05, 0.1) is 10.6 Å². The Morgan fingerprint density at radius 2 is 1.24 bits per heavy atom.